The second kappa shape index (κ2) is 7.99. The van der Waals surface area contributed by atoms with Crippen LogP contribution in [-0.2, 0) is 16.3 Å². The van der Waals surface area contributed by atoms with Gasteiger partial charge in [-0.15, -0.1) is 5.10 Å². The Kier molecular flexibility index (Phi) is 5.49. The fraction of sp³-hybridized carbons (Fsp3) is 0.300. The van der Waals surface area contributed by atoms with Gasteiger partial charge in [-0.1, -0.05) is 37.3 Å². The van der Waals surface area contributed by atoms with Crippen LogP contribution in [0.5, 0.6) is 5.75 Å². The molecular weight excluding hydrogens is 346 g/mol. The largest absolute Gasteiger partial charge is 0.482 e. The quantitative estimate of drug-likeness (QED) is 0.623. The minimum Gasteiger partial charge on any atom is -0.482 e. The van der Waals surface area contributed by atoms with E-state index in [9.17, 15) is 9.59 Å². The van der Waals surface area contributed by atoms with E-state index in [1.807, 2.05) is 25.1 Å². The van der Waals surface area contributed by atoms with E-state index in [1.165, 1.54) is 5.56 Å². The maximum Gasteiger partial charge on any atom is 0.345 e. The normalized spacial score (nSPS) is 11.0. The van der Waals surface area contributed by atoms with Gasteiger partial charge in [-0.05, 0) is 48.2 Å². The molecule has 0 saturated heterocycles. The lowest BCUT2D eigenvalue weighted by atomic mass is 9.98. The maximum atomic E-state index is 12.3. The molecule has 27 heavy (non-hydrogen) atoms. The summed E-state index contributed by atoms with van der Waals surface area (Å²) in [6.45, 7) is 5.68. The van der Waals surface area contributed by atoms with E-state index < -0.39 is 5.97 Å². The van der Waals surface area contributed by atoms with E-state index in [-0.39, 0.29) is 18.9 Å². The number of hydrogen-bond acceptors (Lipinski definition) is 6. The predicted octanol–water partition coefficient (Wildman–Crippen LogP) is 2.80. The van der Waals surface area contributed by atoms with Gasteiger partial charge in [0.2, 0.25) is 0 Å². The summed E-state index contributed by atoms with van der Waals surface area (Å²) in [5, 5.41) is 8.12. The van der Waals surface area contributed by atoms with Gasteiger partial charge in [0.1, 0.15) is 11.3 Å². The number of ether oxygens (including phenoxy) is 2. The Hall–Kier alpha value is -3.22. The third-order valence-electron chi connectivity index (χ3n) is 4.20. The highest BCUT2D eigenvalue weighted by atomic mass is 16.6. The lowest BCUT2D eigenvalue weighted by Crippen LogP contribution is -2.27. The van der Waals surface area contributed by atoms with Crippen LogP contribution in [-0.4, -0.2) is 27.6 Å². The SMILES string of the molecule is Cc1cc(OCC(=O)OCn2nnc3ccccc3c2=O)ccc1C(C)C. The minimum atomic E-state index is -0.595. The van der Waals surface area contributed by atoms with Crippen molar-refractivity contribution < 1.29 is 14.3 Å². The van der Waals surface area contributed by atoms with E-state index in [4.69, 9.17) is 9.47 Å². The molecule has 0 unspecified atom stereocenters. The molecule has 0 fully saturated rings. The molecule has 0 bridgehead atoms. The van der Waals surface area contributed by atoms with Gasteiger partial charge in [0.05, 0.1) is 5.39 Å². The van der Waals surface area contributed by atoms with Gasteiger partial charge < -0.3 is 9.47 Å². The molecule has 140 valence electrons. The topological polar surface area (TPSA) is 83.3 Å². The second-order valence-corrected chi connectivity index (χ2v) is 6.52. The second-order valence-electron chi connectivity index (χ2n) is 6.52. The number of hydrogen-bond donors (Lipinski definition) is 0. The molecule has 0 saturated carbocycles. The van der Waals surface area contributed by atoms with E-state index in [1.54, 1.807) is 24.3 Å². The van der Waals surface area contributed by atoms with E-state index in [0.29, 0.717) is 22.6 Å². The number of esters is 1. The molecule has 0 aliphatic carbocycles. The molecule has 0 aliphatic rings. The van der Waals surface area contributed by atoms with Crippen LogP contribution in [0.1, 0.15) is 30.9 Å². The highest BCUT2D eigenvalue weighted by Gasteiger charge is 2.10. The van der Waals surface area contributed by atoms with Crippen LogP contribution in [0.15, 0.2) is 47.3 Å². The van der Waals surface area contributed by atoms with Crippen LogP contribution in [0, 0.1) is 6.92 Å². The monoisotopic (exact) mass is 367 g/mol. The van der Waals surface area contributed by atoms with Gasteiger partial charge >= 0.3 is 5.97 Å². The third-order valence-corrected chi connectivity index (χ3v) is 4.20. The summed E-state index contributed by atoms with van der Waals surface area (Å²) in [5.41, 5.74) is 2.47. The maximum absolute atomic E-state index is 12.3. The van der Waals surface area contributed by atoms with Crippen LogP contribution in [0.25, 0.3) is 10.9 Å². The van der Waals surface area contributed by atoms with Crippen molar-refractivity contribution in [3.8, 4) is 5.75 Å². The van der Waals surface area contributed by atoms with Crippen molar-refractivity contribution in [3.05, 3.63) is 63.9 Å². The zero-order valence-corrected chi connectivity index (χ0v) is 15.5. The summed E-state index contributed by atoms with van der Waals surface area (Å²) in [6, 6.07) is 12.6. The van der Waals surface area contributed by atoms with Crippen molar-refractivity contribution in [2.45, 2.75) is 33.4 Å². The first-order valence-electron chi connectivity index (χ1n) is 8.67. The Bertz CT molecular complexity index is 1030. The number of aromatic nitrogens is 3. The van der Waals surface area contributed by atoms with Gasteiger partial charge in [-0.2, -0.15) is 4.68 Å². The summed E-state index contributed by atoms with van der Waals surface area (Å²) < 4.78 is 11.5. The summed E-state index contributed by atoms with van der Waals surface area (Å²) in [7, 11) is 0. The molecule has 0 atom stereocenters. The average molecular weight is 367 g/mol. The Morgan fingerprint density at radius 2 is 1.96 bits per heavy atom. The Labute approximate surface area is 156 Å². The molecule has 3 rings (SSSR count). The number of benzene rings is 2. The summed E-state index contributed by atoms with van der Waals surface area (Å²) in [6.07, 6.45) is 0. The summed E-state index contributed by atoms with van der Waals surface area (Å²) in [4.78, 5) is 24.2. The van der Waals surface area contributed by atoms with Crippen LogP contribution in [0.4, 0.5) is 0 Å². The van der Waals surface area contributed by atoms with Crippen molar-refractivity contribution in [2.75, 3.05) is 6.61 Å². The molecule has 3 aromatic rings. The van der Waals surface area contributed by atoms with Crippen molar-refractivity contribution in [2.24, 2.45) is 0 Å². The third kappa shape index (κ3) is 4.31. The summed E-state index contributed by atoms with van der Waals surface area (Å²) in [5.74, 6) is 0.421. The van der Waals surface area contributed by atoms with E-state index in [0.717, 1.165) is 10.2 Å². The van der Waals surface area contributed by atoms with Gasteiger partial charge in [0.25, 0.3) is 5.56 Å². The zero-order valence-electron chi connectivity index (χ0n) is 15.5. The molecular formula is C20H21N3O4. The van der Waals surface area contributed by atoms with Crippen LogP contribution < -0.4 is 10.3 Å². The number of carbonyl (C=O) groups excluding carboxylic acids is 1. The number of fused-ring (bicyclic) bond motifs is 1. The van der Waals surface area contributed by atoms with Gasteiger partial charge in [-0.25, -0.2) is 4.79 Å². The predicted molar refractivity (Wildman–Crippen MR) is 101 cm³/mol. The Balaban J connectivity index is 1.58. The molecule has 0 radical (unpaired) electrons. The molecule has 0 amide bonds. The molecule has 7 heteroatoms. The zero-order chi connectivity index (χ0) is 19.4. The van der Waals surface area contributed by atoms with Crippen molar-refractivity contribution in [3.63, 3.8) is 0 Å². The summed E-state index contributed by atoms with van der Waals surface area (Å²) >= 11 is 0. The lowest BCUT2D eigenvalue weighted by molar-refractivity contribution is -0.150. The molecule has 2 aromatic carbocycles. The van der Waals surface area contributed by atoms with Gasteiger partial charge in [0.15, 0.2) is 13.3 Å². The smallest absolute Gasteiger partial charge is 0.345 e. The van der Waals surface area contributed by atoms with E-state index in [2.05, 4.69) is 24.2 Å². The van der Waals surface area contributed by atoms with Crippen LogP contribution >= 0.6 is 0 Å². The first-order valence-corrected chi connectivity index (χ1v) is 8.67. The van der Waals surface area contributed by atoms with Gasteiger partial charge in [-0.3, -0.25) is 4.79 Å². The standard InChI is InChI=1S/C20H21N3O4/c1-13(2)16-9-8-15(10-14(16)3)26-11-19(24)27-12-23-20(25)17-6-4-5-7-18(17)21-22-23/h4-10,13H,11-12H2,1-3H3. The Morgan fingerprint density at radius 3 is 2.70 bits per heavy atom. The first-order chi connectivity index (χ1) is 13.0. The van der Waals surface area contributed by atoms with Crippen LogP contribution in [0.2, 0.25) is 0 Å². The van der Waals surface area contributed by atoms with Crippen molar-refractivity contribution in [1.82, 2.24) is 15.0 Å². The average Bonchev–Trinajstić information content (AvgIpc) is 2.66. The highest BCUT2D eigenvalue weighted by Crippen LogP contribution is 2.23. The fourth-order valence-corrected chi connectivity index (χ4v) is 2.81. The molecule has 0 aliphatic heterocycles. The van der Waals surface area contributed by atoms with Crippen LogP contribution in [0.3, 0.4) is 0 Å². The molecule has 1 heterocycles. The minimum absolute atomic E-state index is 0.254. The molecule has 1 aromatic heterocycles. The number of rotatable bonds is 6. The van der Waals surface area contributed by atoms with Crippen molar-refractivity contribution >= 4 is 16.9 Å². The van der Waals surface area contributed by atoms with Crippen molar-refractivity contribution in [1.29, 1.82) is 0 Å². The molecule has 0 spiro atoms. The molecule has 7 nitrogen and oxygen atoms in total. The number of carbonyl (C=O) groups is 1. The fourth-order valence-electron chi connectivity index (χ4n) is 2.81. The highest BCUT2D eigenvalue weighted by molar-refractivity contribution is 5.76. The first kappa shape index (κ1) is 18.6. The number of nitrogens with zero attached hydrogens (tertiary/aromatic N) is 3. The molecule has 0 N–H and O–H groups in total. The van der Waals surface area contributed by atoms with Gasteiger partial charge in [0, 0.05) is 0 Å². The van der Waals surface area contributed by atoms with E-state index >= 15 is 0 Å². The Morgan fingerprint density at radius 1 is 1.19 bits per heavy atom. The number of aryl methyl sites for hydroxylation is 1. The lowest BCUT2D eigenvalue weighted by Gasteiger charge is -2.12.